The molecule has 2 N–H and O–H groups in total. The zero-order valence-corrected chi connectivity index (χ0v) is 12.7. The summed E-state index contributed by atoms with van der Waals surface area (Å²) in [6.07, 6.45) is 3.45. The number of nitrogens with one attached hydrogen (secondary N) is 2. The number of fused-ring (bicyclic) bond motifs is 1. The van der Waals surface area contributed by atoms with Gasteiger partial charge in [-0.15, -0.1) is 11.3 Å². The minimum absolute atomic E-state index is 0.952. The molecule has 0 amide bonds. The van der Waals surface area contributed by atoms with Crippen molar-refractivity contribution in [1.82, 2.24) is 10.3 Å². The van der Waals surface area contributed by atoms with Crippen molar-refractivity contribution in [2.45, 2.75) is 32.7 Å². The highest BCUT2D eigenvalue weighted by Crippen LogP contribution is 2.25. The largest absolute Gasteiger partial charge is 0.385 e. The molecule has 0 bridgehead atoms. The quantitative estimate of drug-likeness (QED) is 0.830. The van der Waals surface area contributed by atoms with Crippen LogP contribution in [0.15, 0.2) is 23.6 Å². The zero-order chi connectivity index (χ0) is 13.8. The van der Waals surface area contributed by atoms with E-state index in [1.807, 2.05) is 0 Å². The molecule has 0 aliphatic carbocycles. The maximum atomic E-state index is 4.49. The van der Waals surface area contributed by atoms with Crippen LogP contribution in [-0.4, -0.2) is 18.1 Å². The predicted molar refractivity (Wildman–Crippen MR) is 85.5 cm³/mol. The van der Waals surface area contributed by atoms with E-state index in [1.54, 1.807) is 11.3 Å². The number of hydrogen-bond acceptors (Lipinski definition) is 4. The number of benzene rings is 1. The normalized spacial score (nSPS) is 13.8. The molecule has 0 unspecified atom stereocenters. The number of nitrogens with zero attached hydrogens (tertiary/aromatic N) is 1. The van der Waals surface area contributed by atoms with Crippen LogP contribution in [0, 0.1) is 6.92 Å². The van der Waals surface area contributed by atoms with Crippen molar-refractivity contribution in [1.29, 1.82) is 0 Å². The Hall–Kier alpha value is -1.39. The Morgan fingerprint density at radius 1 is 1.40 bits per heavy atom. The van der Waals surface area contributed by atoms with Gasteiger partial charge in [-0.3, -0.25) is 0 Å². The first-order valence-electron chi connectivity index (χ1n) is 7.29. The van der Waals surface area contributed by atoms with Crippen molar-refractivity contribution >= 4 is 17.0 Å². The third-order valence-electron chi connectivity index (χ3n) is 3.73. The van der Waals surface area contributed by atoms with E-state index in [-0.39, 0.29) is 0 Å². The first-order valence-corrected chi connectivity index (χ1v) is 8.17. The maximum Gasteiger partial charge on any atom is 0.0897 e. The van der Waals surface area contributed by atoms with Crippen LogP contribution in [0.25, 0.3) is 0 Å². The summed E-state index contributed by atoms with van der Waals surface area (Å²) in [5, 5.41) is 10.3. The van der Waals surface area contributed by atoms with Gasteiger partial charge in [-0.25, -0.2) is 4.98 Å². The Bertz CT molecular complexity index is 577. The molecule has 0 radical (unpaired) electrons. The first-order chi connectivity index (χ1) is 9.83. The highest BCUT2D eigenvalue weighted by Gasteiger charge is 2.11. The lowest BCUT2D eigenvalue weighted by molar-refractivity contribution is 0.672. The van der Waals surface area contributed by atoms with Crippen molar-refractivity contribution < 1.29 is 0 Å². The van der Waals surface area contributed by atoms with E-state index < -0.39 is 0 Å². The average Bonchev–Trinajstić information content (AvgIpc) is 2.89. The molecule has 4 heteroatoms. The second-order valence-electron chi connectivity index (χ2n) is 5.26. The number of aromatic nitrogens is 1. The molecular formula is C16H21N3S. The van der Waals surface area contributed by atoms with Crippen LogP contribution >= 0.6 is 11.3 Å². The standard InChI is InChI=1S/C16H21N3S/c1-12-19-14(11-20-12)7-9-17-10-13-4-2-6-16-15(13)5-3-8-18-16/h2,4,6,11,17-18H,3,5,7-10H2,1H3. The Morgan fingerprint density at radius 2 is 2.35 bits per heavy atom. The summed E-state index contributed by atoms with van der Waals surface area (Å²) >= 11 is 1.73. The van der Waals surface area contributed by atoms with Crippen molar-refractivity contribution in [2.75, 3.05) is 18.4 Å². The van der Waals surface area contributed by atoms with Crippen molar-refractivity contribution in [3.63, 3.8) is 0 Å². The molecule has 3 rings (SSSR count). The second-order valence-corrected chi connectivity index (χ2v) is 6.32. The van der Waals surface area contributed by atoms with E-state index >= 15 is 0 Å². The molecule has 0 spiro atoms. The molecule has 0 fully saturated rings. The van der Waals surface area contributed by atoms with Crippen LogP contribution in [0.2, 0.25) is 0 Å². The number of hydrogen-bond donors (Lipinski definition) is 2. The SMILES string of the molecule is Cc1nc(CCNCc2cccc3c2CCCN3)cs1. The minimum Gasteiger partial charge on any atom is -0.385 e. The van der Waals surface area contributed by atoms with E-state index in [0.717, 1.165) is 31.1 Å². The number of thiazole rings is 1. The fourth-order valence-corrected chi connectivity index (χ4v) is 3.36. The Balaban J connectivity index is 1.53. The molecule has 3 nitrogen and oxygen atoms in total. The summed E-state index contributed by atoms with van der Waals surface area (Å²) in [4.78, 5) is 4.49. The average molecular weight is 287 g/mol. The van der Waals surface area contributed by atoms with Gasteiger partial charge in [-0.1, -0.05) is 12.1 Å². The summed E-state index contributed by atoms with van der Waals surface area (Å²) in [6.45, 7) is 5.10. The van der Waals surface area contributed by atoms with Gasteiger partial charge in [-0.05, 0) is 37.0 Å². The lowest BCUT2D eigenvalue weighted by atomic mass is 9.97. The highest BCUT2D eigenvalue weighted by atomic mass is 32.1. The first kappa shape index (κ1) is 13.6. The summed E-state index contributed by atoms with van der Waals surface area (Å²) in [7, 11) is 0. The summed E-state index contributed by atoms with van der Waals surface area (Å²) in [5.74, 6) is 0. The van der Waals surface area contributed by atoms with Crippen molar-refractivity contribution in [3.8, 4) is 0 Å². The van der Waals surface area contributed by atoms with Gasteiger partial charge in [0, 0.05) is 37.1 Å². The van der Waals surface area contributed by atoms with Gasteiger partial charge in [0.2, 0.25) is 0 Å². The Morgan fingerprint density at radius 3 is 3.20 bits per heavy atom. The Labute approximate surface area is 124 Å². The van der Waals surface area contributed by atoms with Gasteiger partial charge in [-0.2, -0.15) is 0 Å². The molecule has 1 aliphatic rings. The van der Waals surface area contributed by atoms with Gasteiger partial charge in [0.05, 0.1) is 10.7 Å². The molecule has 0 saturated heterocycles. The number of anilines is 1. The van der Waals surface area contributed by atoms with Crippen LogP contribution < -0.4 is 10.6 Å². The van der Waals surface area contributed by atoms with E-state index in [2.05, 4.69) is 46.1 Å². The monoisotopic (exact) mass is 287 g/mol. The molecule has 106 valence electrons. The van der Waals surface area contributed by atoms with Gasteiger partial charge >= 0.3 is 0 Å². The molecule has 0 atom stereocenters. The zero-order valence-electron chi connectivity index (χ0n) is 11.9. The molecule has 2 heterocycles. The van der Waals surface area contributed by atoms with Crippen molar-refractivity contribution in [3.05, 3.63) is 45.4 Å². The topological polar surface area (TPSA) is 37.0 Å². The van der Waals surface area contributed by atoms with Crippen LogP contribution in [0.3, 0.4) is 0 Å². The molecule has 1 aliphatic heterocycles. The Kier molecular flexibility index (Phi) is 4.33. The fourth-order valence-electron chi connectivity index (χ4n) is 2.71. The summed E-state index contributed by atoms with van der Waals surface area (Å²) in [6, 6.07) is 6.58. The predicted octanol–water partition coefficient (Wildman–Crippen LogP) is 3.14. The highest BCUT2D eigenvalue weighted by molar-refractivity contribution is 7.09. The molecular weight excluding hydrogens is 266 g/mol. The van der Waals surface area contributed by atoms with Crippen molar-refractivity contribution in [2.24, 2.45) is 0 Å². The van der Waals surface area contributed by atoms with Crippen LogP contribution in [0.5, 0.6) is 0 Å². The molecule has 20 heavy (non-hydrogen) atoms. The third-order valence-corrected chi connectivity index (χ3v) is 4.55. The third kappa shape index (κ3) is 3.19. The smallest absolute Gasteiger partial charge is 0.0897 e. The molecule has 0 saturated carbocycles. The number of rotatable bonds is 5. The molecule has 1 aromatic heterocycles. The summed E-state index contributed by atoms with van der Waals surface area (Å²) < 4.78 is 0. The molecule has 1 aromatic carbocycles. The lowest BCUT2D eigenvalue weighted by Crippen LogP contribution is -2.20. The van der Waals surface area contributed by atoms with Gasteiger partial charge in [0.1, 0.15) is 0 Å². The lowest BCUT2D eigenvalue weighted by Gasteiger charge is -2.21. The minimum atomic E-state index is 0.952. The van der Waals surface area contributed by atoms with E-state index in [1.165, 1.54) is 35.3 Å². The van der Waals surface area contributed by atoms with Crippen LogP contribution in [-0.2, 0) is 19.4 Å². The van der Waals surface area contributed by atoms with E-state index in [9.17, 15) is 0 Å². The summed E-state index contributed by atoms with van der Waals surface area (Å²) in [5.41, 5.74) is 5.46. The van der Waals surface area contributed by atoms with E-state index in [0.29, 0.717) is 0 Å². The second kappa shape index (κ2) is 6.37. The van der Waals surface area contributed by atoms with Crippen LogP contribution in [0.1, 0.15) is 28.2 Å². The van der Waals surface area contributed by atoms with Gasteiger partial charge in [0.25, 0.3) is 0 Å². The van der Waals surface area contributed by atoms with Crippen LogP contribution in [0.4, 0.5) is 5.69 Å². The van der Waals surface area contributed by atoms with Gasteiger partial charge < -0.3 is 10.6 Å². The fraction of sp³-hybridized carbons (Fsp3) is 0.438. The number of aryl methyl sites for hydroxylation is 1. The van der Waals surface area contributed by atoms with E-state index in [4.69, 9.17) is 0 Å². The van der Waals surface area contributed by atoms with Gasteiger partial charge in [0.15, 0.2) is 0 Å². The maximum absolute atomic E-state index is 4.49. The molecule has 2 aromatic rings.